The van der Waals surface area contributed by atoms with Gasteiger partial charge in [-0.1, -0.05) is 60.7 Å². The van der Waals surface area contributed by atoms with Crippen molar-refractivity contribution in [3.8, 4) is 0 Å². The van der Waals surface area contributed by atoms with Crippen LogP contribution in [-0.4, -0.2) is 41.8 Å². The van der Waals surface area contributed by atoms with E-state index in [1.807, 2.05) is 0 Å². The van der Waals surface area contributed by atoms with Crippen LogP contribution in [-0.2, 0) is 27.3 Å². The van der Waals surface area contributed by atoms with Gasteiger partial charge in [-0.25, -0.2) is 9.59 Å². The van der Waals surface area contributed by atoms with E-state index in [4.69, 9.17) is 4.74 Å². The highest BCUT2D eigenvalue weighted by molar-refractivity contribution is 5.78. The van der Waals surface area contributed by atoms with Gasteiger partial charge < -0.3 is 19.9 Å². The number of amides is 1. The van der Waals surface area contributed by atoms with Gasteiger partial charge in [0, 0.05) is 0 Å². The van der Waals surface area contributed by atoms with Crippen molar-refractivity contribution in [3.05, 3.63) is 71.8 Å². The Morgan fingerprint density at radius 3 is 2.10 bits per heavy atom. The molecular formula is C21H23F2NO5. The molecule has 0 fully saturated rings. The van der Waals surface area contributed by atoms with Crippen LogP contribution in [0.15, 0.2) is 60.7 Å². The predicted octanol–water partition coefficient (Wildman–Crippen LogP) is 3.08. The number of benzene rings is 2. The molecular weight excluding hydrogens is 384 g/mol. The zero-order chi connectivity index (χ0) is 21.3. The number of carbonyl (C=O) groups excluding carboxylic acids is 2. The van der Waals surface area contributed by atoms with Gasteiger partial charge in [-0.3, -0.25) is 0 Å². The lowest BCUT2D eigenvalue weighted by atomic mass is 9.97. The molecule has 0 saturated carbocycles. The second-order valence-electron chi connectivity index (χ2n) is 6.29. The van der Waals surface area contributed by atoms with Crippen molar-refractivity contribution in [3.63, 3.8) is 0 Å². The molecule has 0 aliphatic rings. The van der Waals surface area contributed by atoms with E-state index in [1.54, 1.807) is 60.7 Å². The molecule has 0 unspecified atom stereocenters. The molecule has 2 aromatic rings. The van der Waals surface area contributed by atoms with Crippen molar-refractivity contribution in [2.45, 2.75) is 38.0 Å². The van der Waals surface area contributed by atoms with Gasteiger partial charge in [-0.2, -0.15) is 8.78 Å². The number of esters is 1. The van der Waals surface area contributed by atoms with Crippen LogP contribution in [0.4, 0.5) is 13.6 Å². The third-order valence-corrected chi connectivity index (χ3v) is 4.11. The number of aliphatic hydroxyl groups is 1. The van der Waals surface area contributed by atoms with E-state index < -0.39 is 30.1 Å². The molecule has 0 heterocycles. The summed E-state index contributed by atoms with van der Waals surface area (Å²) in [5, 5.41) is 12.4. The Bertz CT molecular complexity index is 786. The predicted molar refractivity (Wildman–Crippen MR) is 101 cm³/mol. The SMILES string of the molecule is CCOC(=O)C(F)(F)[C@H](O)[C@@H](Cc1ccccc1)NC(=O)OCc1ccccc1. The lowest BCUT2D eigenvalue weighted by molar-refractivity contribution is -0.191. The number of hydrogen-bond donors (Lipinski definition) is 2. The van der Waals surface area contributed by atoms with Crippen molar-refractivity contribution in [2.75, 3.05) is 6.61 Å². The number of aliphatic hydroxyl groups excluding tert-OH is 1. The van der Waals surface area contributed by atoms with Crippen molar-refractivity contribution in [1.29, 1.82) is 0 Å². The third-order valence-electron chi connectivity index (χ3n) is 4.11. The van der Waals surface area contributed by atoms with E-state index in [0.29, 0.717) is 11.1 Å². The van der Waals surface area contributed by atoms with Gasteiger partial charge in [0.1, 0.15) is 12.7 Å². The van der Waals surface area contributed by atoms with Crippen LogP contribution in [0.2, 0.25) is 0 Å². The van der Waals surface area contributed by atoms with E-state index in [0.717, 1.165) is 0 Å². The second-order valence-corrected chi connectivity index (χ2v) is 6.29. The van der Waals surface area contributed by atoms with Crippen LogP contribution in [0.5, 0.6) is 0 Å². The van der Waals surface area contributed by atoms with Gasteiger partial charge >= 0.3 is 18.0 Å². The average molecular weight is 407 g/mol. The summed E-state index contributed by atoms with van der Waals surface area (Å²) in [6.07, 6.45) is -3.64. The van der Waals surface area contributed by atoms with Crippen LogP contribution < -0.4 is 5.32 Å². The number of ether oxygens (including phenoxy) is 2. The minimum atomic E-state index is -4.21. The van der Waals surface area contributed by atoms with E-state index in [2.05, 4.69) is 10.1 Å². The Kier molecular flexibility index (Phi) is 8.09. The Hall–Kier alpha value is -3.00. The first-order chi connectivity index (χ1) is 13.8. The highest BCUT2D eigenvalue weighted by Crippen LogP contribution is 2.25. The molecule has 2 atom stereocenters. The second kappa shape index (κ2) is 10.5. The Morgan fingerprint density at radius 2 is 1.55 bits per heavy atom. The molecule has 2 aromatic carbocycles. The van der Waals surface area contributed by atoms with Crippen LogP contribution in [0.3, 0.4) is 0 Å². The lowest BCUT2D eigenvalue weighted by Gasteiger charge is -2.28. The van der Waals surface area contributed by atoms with Crippen molar-refractivity contribution in [1.82, 2.24) is 5.32 Å². The maximum atomic E-state index is 14.3. The fraction of sp³-hybridized carbons (Fsp3) is 0.333. The zero-order valence-corrected chi connectivity index (χ0v) is 15.9. The minimum absolute atomic E-state index is 0.0743. The Morgan fingerprint density at radius 1 is 1.00 bits per heavy atom. The van der Waals surface area contributed by atoms with Crippen LogP contribution >= 0.6 is 0 Å². The molecule has 1 amide bonds. The third kappa shape index (κ3) is 6.53. The summed E-state index contributed by atoms with van der Waals surface area (Å²) in [5.74, 6) is -6.06. The largest absolute Gasteiger partial charge is 0.461 e. The minimum Gasteiger partial charge on any atom is -0.461 e. The van der Waals surface area contributed by atoms with Crippen molar-refractivity contribution < 1.29 is 33.0 Å². The fourth-order valence-electron chi connectivity index (χ4n) is 2.63. The first kappa shape index (κ1) is 22.3. The lowest BCUT2D eigenvalue weighted by Crippen LogP contribution is -2.56. The topological polar surface area (TPSA) is 84.9 Å². The van der Waals surface area contributed by atoms with E-state index in [9.17, 15) is 23.5 Å². The van der Waals surface area contributed by atoms with E-state index in [-0.39, 0.29) is 19.6 Å². The number of carbonyl (C=O) groups is 2. The summed E-state index contributed by atoms with van der Waals surface area (Å²) in [5.41, 5.74) is 1.29. The van der Waals surface area contributed by atoms with Crippen LogP contribution in [0, 0.1) is 0 Å². The maximum Gasteiger partial charge on any atom is 0.407 e. The number of halogens is 2. The maximum absolute atomic E-state index is 14.3. The fourth-order valence-corrected chi connectivity index (χ4v) is 2.63. The van der Waals surface area contributed by atoms with Crippen LogP contribution in [0.25, 0.3) is 0 Å². The van der Waals surface area contributed by atoms with Gasteiger partial charge in [0.2, 0.25) is 0 Å². The average Bonchev–Trinajstić information content (AvgIpc) is 2.73. The molecule has 6 nitrogen and oxygen atoms in total. The highest BCUT2D eigenvalue weighted by atomic mass is 19.3. The molecule has 0 saturated heterocycles. The summed E-state index contributed by atoms with van der Waals surface area (Å²) >= 11 is 0. The summed E-state index contributed by atoms with van der Waals surface area (Å²) in [4.78, 5) is 23.7. The number of hydrogen-bond acceptors (Lipinski definition) is 5. The molecule has 0 aliphatic carbocycles. The van der Waals surface area contributed by atoms with E-state index >= 15 is 0 Å². The first-order valence-corrected chi connectivity index (χ1v) is 9.08. The van der Waals surface area contributed by atoms with Crippen molar-refractivity contribution >= 4 is 12.1 Å². The van der Waals surface area contributed by atoms with Gasteiger partial charge in [0.15, 0.2) is 0 Å². The molecule has 0 aromatic heterocycles. The molecule has 156 valence electrons. The van der Waals surface area contributed by atoms with E-state index in [1.165, 1.54) is 6.92 Å². The zero-order valence-electron chi connectivity index (χ0n) is 15.9. The molecule has 0 spiro atoms. The summed E-state index contributed by atoms with van der Waals surface area (Å²) in [6, 6.07) is 15.7. The highest BCUT2D eigenvalue weighted by Gasteiger charge is 2.52. The standard InChI is InChI=1S/C21H23F2NO5/c1-2-28-19(26)21(22,23)18(25)17(13-15-9-5-3-6-10-15)24-20(27)29-14-16-11-7-4-8-12-16/h3-12,17-18,25H,2,13-14H2,1H3,(H,24,27)/t17-,18-/m1/s1. The van der Waals surface area contributed by atoms with Crippen molar-refractivity contribution in [2.24, 2.45) is 0 Å². The molecule has 8 heteroatoms. The Labute approximate surface area is 167 Å². The molecule has 0 aliphatic heterocycles. The molecule has 2 N–H and O–H groups in total. The molecule has 2 rings (SSSR count). The van der Waals surface area contributed by atoms with Gasteiger partial charge in [0.05, 0.1) is 12.6 Å². The Balaban J connectivity index is 2.11. The summed E-state index contributed by atoms with van der Waals surface area (Å²) in [6.45, 7) is 1.03. The van der Waals surface area contributed by atoms with Gasteiger partial charge in [-0.05, 0) is 24.5 Å². The molecule has 0 bridgehead atoms. The number of rotatable bonds is 9. The van der Waals surface area contributed by atoms with Gasteiger partial charge in [0.25, 0.3) is 0 Å². The van der Waals surface area contributed by atoms with Crippen LogP contribution in [0.1, 0.15) is 18.1 Å². The summed E-state index contributed by atoms with van der Waals surface area (Å²) in [7, 11) is 0. The smallest absolute Gasteiger partial charge is 0.407 e. The van der Waals surface area contributed by atoms with Gasteiger partial charge in [-0.15, -0.1) is 0 Å². The first-order valence-electron chi connectivity index (χ1n) is 9.08. The monoisotopic (exact) mass is 407 g/mol. The number of alkyl carbamates (subject to hydrolysis) is 1. The molecule has 0 radical (unpaired) electrons. The summed E-state index contributed by atoms with van der Waals surface area (Å²) < 4.78 is 38.1. The quantitative estimate of drug-likeness (QED) is 0.624. The normalized spacial score (nSPS) is 13.2. The number of alkyl halides is 2. The molecule has 29 heavy (non-hydrogen) atoms. The number of nitrogens with one attached hydrogen (secondary N) is 1.